The van der Waals surface area contributed by atoms with Crippen LogP contribution < -0.4 is 5.32 Å². The van der Waals surface area contributed by atoms with Gasteiger partial charge in [-0.25, -0.2) is 0 Å². The molecule has 0 aromatic heterocycles. The minimum Gasteiger partial charge on any atom is -0.383 e. The molecule has 0 spiro atoms. The summed E-state index contributed by atoms with van der Waals surface area (Å²) in [7, 11) is 1.75. The van der Waals surface area contributed by atoms with Gasteiger partial charge in [0.25, 0.3) is 0 Å². The van der Waals surface area contributed by atoms with E-state index >= 15 is 0 Å². The monoisotopic (exact) mass is 187 g/mol. The number of ether oxygens (including phenoxy) is 2. The third-order valence-electron chi connectivity index (χ3n) is 2.43. The normalized spacial score (nSPS) is 24.9. The summed E-state index contributed by atoms with van der Waals surface area (Å²) in [4.78, 5) is 0. The second kappa shape index (κ2) is 6.35. The number of methoxy groups -OCH3 is 1. The van der Waals surface area contributed by atoms with E-state index in [1.165, 1.54) is 12.8 Å². The van der Waals surface area contributed by atoms with Gasteiger partial charge in [-0.15, -0.1) is 0 Å². The van der Waals surface area contributed by atoms with Gasteiger partial charge in [0.05, 0.1) is 12.7 Å². The largest absolute Gasteiger partial charge is 0.383 e. The summed E-state index contributed by atoms with van der Waals surface area (Å²) in [5, 5.41) is 3.41. The van der Waals surface area contributed by atoms with Gasteiger partial charge in [-0.1, -0.05) is 6.92 Å². The number of hydrogen-bond acceptors (Lipinski definition) is 3. The fraction of sp³-hybridized carbons (Fsp3) is 1.00. The lowest BCUT2D eigenvalue weighted by molar-refractivity contribution is 0.0774. The standard InChI is InChI=1S/C10H21NO2/c1-3-11-9(8-12-2)7-10-5-4-6-13-10/h9-11H,3-8H2,1-2H3. The second-order valence-corrected chi connectivity index (χ2v) is 3.58. The maximum absolute atomic E-state index is 5.58. The molecule has 0 radical (unpaired) electrons. The van der Waals surface area contributed by atoms with Crippen LogP contribution in [0.4, 0.5) is 0 Å². The molecule has 0 saturated carbocycles. The molecule has 3 nitrogen and oxygen atoms in total. The lowest BCUT2D eigenvalue weighted by atomic mass is 10.1. The number of rotatable bonds is 6. The molecule has 1 fully saturated rings. The quantitative estimate of drug-likeness (QED) is 0.677. The van der Waals surface area contributed by atoms with E-state index in [0.717, 1.165) is 26.2 Å². The Kier molecular flexibility index (Phi) is 5.35. The molecule has 0 aromatic rings. The first-order valence-corrected chi connectivity index (χ1v) is 5.20. The van der Waals surface area contributed by atoms with Crippen molar-refractivity contribution >= 4 is 0 Å². The summed E-state index contributed by atoms with van der Waals surface area (Å²) in [6, 6.07) is 0.457. The summed E-state index contributed by atoms with van der Waals surface area (Å²) >= 11 is 0. The van der Waals surface area contributed by atoms with E-state index in [0.29, 0.717) is 12.1 Å². The van der Waals surface area contributed by atoms with E-state index in [9.17, 15) is 0 Å². The van der Waals surface area contributed by atoms with Gasteiger partial charge in [-0.3, -0.25) is 0 Å². The second-order valence-electron chi connectivity index (χ2n) is 3.58. The van der Waals surface area contributed by atoms with E-state index in [1.807, 2.05) is 0 Å². The third kappa shape index (κ3) is 4.07. The molecule has 13 heavy (non-hydrogen) atoms. The molecule has 1 rings (SSSR count). The van der Waals surface area contributed by atoms with Gasteiger partial charge in [0.2, 0.25) is 0 Å². The Morgan fingerprint density at radius 3 is 3.00 bits per heavy atom. The molecule has 3 heteroatoms. The predicted octanol–water partition coefficient (Wildman–Crippen LogP) is 1.18. The first-order chi connectivity index (χ1) is 6.36. The van der Waals surface area contributed by atoms with Gasteiger partial charge in [0.1, 0.15) is 0 Å². The van der Waals surface area contributed by atoms with E-state index in [2.05, 4.69) is 12.2 Å². The molecule has 1 saturated heterocycles. The highest BCUT2D eigenvalue weighted by molar-refractivity contribution is 4.74. The van der Waals surface area contributed by atoms with E-state index in [4.69, 9.17) is 9.47 Å². The van der Waals surface area contributed by atoms with E-state index in [-0.39, 0.29) is 0 Å². The highest BCUT2D eigenvalue weighted by Gasteiger charge is 2.19. The molecule has 0 aromatic carbocycles. The number of nitrogens with one attached hydrogen (secondary N) is 1. The van der Waals surface area contributed by atoms with Crippen LogP contribution >= 0.6 is 0 Å². The third-order valence-corrected chi connectivity index (χ3v) is 2.43. The van der Waals surface area contributed by atoms with Crippen molar-refractivity contribution in [3.63, 3.8) is 0 Å². The average molecular weight is 187 g/mol. The molecule has 1 aliphatic rings. The topological polar surface area (TPSA) is 30.5 Å². The summed E-state index contributed by atoms with van der Waals surface area (Å²) in [6.07, 6.45) is 3.98. The van der Waals surface area contributed by atoms with Crippen LogP contribution in [-0.2, 0) is 9.47 Å². The Hall–Kier alpha value is -0.120. The molecular weight excluding hydrogens is 166 g/mol. The zero-order valence-electron chi connectivity index (χ0n) is 8.71. The Balaban J connectivity index is 2.19. The summed E-state index contributed by atoms with van der Waals surface area (Å²) < 4.78 is 10.7. The van der Waals surface area contributed by atoms with Crippen molar-refractivity contribution in [2.24, 2.45) is 0 Å². The van der Waals surface area contributed by atoms with Crippen LogP contribution in [0.1, 0.15) is 26.2 Å². The molecule has 2 unspecified atom stereocenters. The molecule has 2 atom stereocenters. The van der Waals surface area contributed by atoms with Gasteiger partial charge < -0.3 is 14.8 Å². The number of hydrogen-bond donors (Lipinski definition) is 1. The molecule has 1 aliphatic heterocycles. The maximum atomic E-state index is 5.58. The van der Waals surface area contributed by atoms with Crippen molar-refractivity contribution in [2.75, 3.05) is 26.9 Å². The zero-order valence-corrected chi connectivity index (χ0v) is 8.71. The van der Waals surface area contributed by atoms with Crippen molar-refractivity contribution in [3.8, 4) is 0 Å². The lowest BCUT2D eigenvalue weighted by Gasteiger charge is -2.20. The summed E-state index contributed by atoms with van der Waals surface area (Å²) in [5.41, 5.74) is 0. The van der Waals surface area contributed by atoms with Gasteiger partial charge in [0, 0.05) is 19.8 Å². The summed E-state index contributed by atoms with van der Waals surface area (Å²) in [5.74, 6) is 0. The van der Waals surface area contributed by atoms with Crippen LogP contribution in [-0.4, -0.2) is 39.0 Å². The molecule has 1 N–H and O–H groups in total. The fourth-order valence-corrected chi connectivity index (χ4v) is 1.85. The van der Waals surface area contributed by atoms with Crippen LogP contribution in [0, 0.1) is 0 Å². The lowest BCUT2D eigenvalue weighted by Crippen LogP contribution is -2.36. The Labute approximate surface area is 80.8 Å². The Morgan fingerprint density at radius 1 is 1.62 bits per heavy atom. The molecule has 1 heterocycles. The van der Waals surface area contributed by atoms with Crippen molar-refractivity contribution in [2.45, 2.75) is 38.3 Å². The summed E-state index contributed by atoms with van der Waals surface area (Å²) in [6.45, 7) is 4.85. The smallest absolute Gasteiger partial charge is 0.0616 e. The zero-order chi connectivity index (χ0) is 9.52. The highest BCUT2D eigenvalue weighted by atomic mass is 16.5. The van der Waals surface area contributed by atoms with Crippen LogP contribution in [0.25, 0.3) is 0 Å². The predicted molar refractivity (Wildman–Crippen MR) is 52.9 cm³/mol. The molecule has 0 bridgehead atoms. The maximum Gasteiger partial charge on any atom is 0.0616 e. The molecule has 78 valence electrons. The van der Waals surface area contributed by atoms with Gasteiger partial charge >= 0.3 is 0 Å². The number of likely N-dealkylation sites (N-methyl/N-ethyl adjacent to an activating group) is 1. The molecule has 0 aliphatic carbocycles. The van der Waals surface area contributed by atoms with Gasteiger partial charge in [0.15, 0.2) is 0 Å². The van der Waals surface area contributed by atoms with Crippen molar-refractivity contribution in [1.29, 1.82) is 0 Å². The van der Waals surface area contributed by atoms with Crippen molar-refractivity contribution in [1.82, 2.24) is 5.32 Å². The fourth-order valence-electron chi connectivity index (χ4n) is 1.85. The average Bonchev–Trinajstić information content (AvgIpc) is 2.58. The Bertz CT molecular complexity index is 118. The van der Waals surface area contributed by atoms with Crippen molar-refractivity contribution in [3.05, 3.63) is 0 Å². The van der Waals surface area contributed by atoms with Crippen molar-refractivity contribution < 1.29 is 9.47 Å². The Morgan fingerprint density at radius 2 is 2.46 bits per heavy atom. The van der Waals surface area contributed by atoms with Gasteiger partial charge in [-0.05, 0) is 25.8 Å². The molecule has 0 amide bonds. The first-order valence-electron chi connectivity index (χ1n) is 5.20. The minimum absolute atomic E-state index is 0.457. The van der Waals surface area contributed by atoms with E-state index in [1.54, 1.807) is 7.11 Å². The first kappa shape index (κ1) is 11.0. The van der Waals surface area contributed by atoms with Crippen LogP contribution in [0.15, 0.2) is 0 Å². The van der Waals surface area contributed by atoms with E-state index < -0.39 is 0 Å². The van der Waals surface area contributed by atoms with Crippen LogP contribution in [0.2, 0.25) is 0 Å². The molecular formula is C10H21NO2. The van der Waals surface area contributed by atoms with Gasteiger partial charge in [-0.2, -0.15) is 0 Å². The minimum atomic E-state index is 0.457. The van der Waals surface area contributed by atoms with Crippen LogP contribution in [0.5, 0.6) is 0 Å². The van der Waals surface area contributed by atoms with Crippen LogP contribution in [0.3, 0.4) is 0 Å². The SMILES string of the molecule is CCNC(COC)CC1CCCO1. The highest BCUT2D eigenvalue weighted by Crippen LogP contribution is 2.16.